The Balaban J connectivity index is 1.57. The summed E-state index contributed by atoms with van der Waals surface area (Å²) in [5.41, 5.74) is 1.08. The lowest BCUT2D eigenvalue weighted by molar-refractivity contribution is -0.118. The normalized spacial score (nSPS) is 16.4. The number of nitrogens with one attached hydrogen (secondary N) is 2. The van der Waals surface area contributed by atoms with Gasteiger partial charge in [0.25, 0.3) is 5.91 Å². The van der Waals surface area contributed by atoms with E-state index in [1.807, 2.05) is 0 Å². The van der Waals surface area contributed by atoms with E-state index in [-0.39, 0.29) is 24.2 Å². The van der Waals surface area contributed by atoms with Crippen molar-refractivity contribution in [1.82, 2.24) is 4.72 Å². The van der Waals surface area contributed by atoms with Crippen molar-refractivity contribution in [3.05, 3.63) is 42.0 Å². The topological polar surface area (TPSA) is 103 Å². The minimum absolute atomic E-state index is 0.0367. The fourth-order valence-corrected chi connectivity index (χ4v) is 4.04. The second-order valence-corrected chi connectivity index (χ2v) is 7.66. The van der Waals surface area contributed by atoms with Gasteiger partial charge in [0.2, 0.25) is 16.8 Å². The Morgan fingerprint density at radius 1 is 1.04 bits per heavy atom. The van der Waals surface area contributed by atoms with Gasteiger partial charge in [-0.25, -0.2) is 13.1 Å². The molecule has 8 nitrogen and oxygen atoms in total. The van der Waals surface area contributed by atoms with Crippen LogP contribution in [0.3, 0.4) is 0 Å². The Labute approximate surface area is 150 Å². The average molecular weight is 376 g/mol. The number of fused-ring (bicyclic) bond motifs is 2. The van der Waals surface area contributed by atoms with Gasteiger partial charge in [0.05, 0.1) is 10.6 Å². The quantitative estimate of drug-likeness (QED) is 0.843. The van der Waals surface area contributed by atoms with Crippen molar-refractivity contribution in [2.24, 2.45) is 0 Å². The van der Waals surface area contributed by atoms with Crippen molar-refractivity contribution in [3.8, 4) is 17.2 Å². The Bertz CT molecular complexity index is 989. The molecule has 0 fully saturated rings. The fraction of sp³-hybridized carbons (Fsp3) is 0.235. The summed E-state index contributed by atoms with van der Waals surface area (Å²) in [6.45, 7) is 1.80. The van der Waals surface area contributed by atoms with E-state index in [9.17, 15) is 13.2 Å². The molecule has 2 N–H and O–H groups in total. The lowest BCUT2D eigenvalue weighted by Crippen LogP contribution is -2.28. The molecule has 2 aromatic rings. The van der Waals surface area contributed by atoms with Crippen LogP contribution in [0.2, 0.25) is 0 Å². The molecule has 0 saturated heterocycles. The summed E-state index contributed by atoms with van der Waals surface area (Å²) in [6, 6.07) is 9.11. The first-order valence-corrected chi connectivity index (χ1v) is 9.39. The third-order valence-corrected chi connectivity index (χ3v) is 5.66. The summed E-state index contributed by atoms with van der Waals surface area (Å²) in [5, 5.41) is 2.60. The molecule has 1 unspecified atom stereocenters. The van der Waals surface area contributed by atoms with Crippen LogP contribution in [0.1, 0.15) is 18.5 Å². The maximum absolute atomic E-state index is 12.7. The highest BCUT2D eigenvalue weighted by Crippen LogP contribution is 2.35. The van der Waals surface area contributed by atoms with Crippen LogP contribution in [0.4, 0.5) is 5.69 Å². The van der Waals surface area contributed by atoms with Crippen molar-refractivity contribution in [2.75, 3.05) is 18.7 Å². The van der Waals surface area contributed by atoms with Crippen molar-refractivity contribution in [1.29, 1.82) is 0 Å². The van der Waals surface area contributed by atoms with Gasteiger partial charge in [-0.15, -0.1) is 0 Å². The summed E-state index contributed by atoms with van der Waals surface area (Å²) in [6.07, 6.45) is 0. The predicted octanol–water partition coefficient (Wildman–Crippen LogP) is 1.79. The predicted molar refractivity (Wildman–Crippen MR) is 91.9 cm³/mol. The molecule has 26 heavy (non-hydrogen) atoms. The Hall–Kier alpha value is -2.78. The maximum Gasteiger partial charge on any atom is 0.262 e. The molecule has 1 atom stereocenters. The zero-order chi connectivity index (χ0) is 18.3. The number of amides is 1. The van der Waals surface area contributed by atoms with Gasteiger partial charge in [0, 0.05) is 6.04 Å². The summed E-state index contributed by atoms with van der Waals surface area (Å²) in [5.74, 6) is 1.33. The molecule has 0 spiro atoms. The molecule has 0 bridgehead atoms. The van der Waals surface area contributed by atoms with Crippen molar-refractivity contribution >= 4 is 21.6 Å². The van der Waals surface area contributed by atoms with E-state index in [1.54, 1.807) is 25.1 Å². The molecule has 2 heterocycles. The van der Waals surface area contributed by atoms with Gasteiger partial charge in [-0.2, -0.15) is 0 Å². The second-order valence-electron chi connectivity index (χ2n) is 5.95. The first kappa shape index (κ1) is 16.7. The Kier molecular flexibility index (Phi) is 3.97. The highest BCUT2D eigenvalue weighted by molar-refractivity contribution is 7.89. The molecular formula is C17H16N2O6S. The van der Waals surface area contributed by atoms with E-state index < -0.39 is 16.1 Å². The standard InChI is InChI=1S/C17H16N2O6S/c1-10(11-2-4-15-16(6-11)25-9-24-15)19-26(21,22)12-3-5-14-13(7-12)18-17(20)8-23-14/h2-7,10,19H,8-9H2,1H3,(H,18,20). The maximum atomic E-state index is 12.7. The monoisotopic (exact) mass is 376 g/mol. The molecule has 2 aliphatic heterocycles. The van der Waals surface area contributed by atoms with Gasteiger partial charge in [-0.3, -0.25) is 4.79 Å². The van der Waals surface area contributed by atoms with Crippen molar-refractivity contribution < 1.29 is 27.4 Å². The van der Waals surface area contributed by atoms with Gasteiger partial charge in [0.1, 0.15) is 5.75 Å². The number of carbonyl (C=O) groups is 1. The number of sulfonamides is 1. The Morgan fingerprint density at radius 2 is 1.81 bits per heavy atom. The molecule has 0 saturated carbocycles. The van der Waals surface area contributed by atoms with Gasteiger partial charge in [0.15, 0.2) is 18.1 Å². The number of carbonyl (C=O) groups excluding carboxylic acids is 1. The zero-order valence-electron chi connectivity index (χ0n) is 13.8. The number of benzene rings is 2. The van der Waals surface area contributed by atoms with Gasteiger partial charge in [-0.1, -0.05) is 6.07 Å². The second kappa shape index (κ2) is 6.19. The smallest absolute Gasteiger partial charge is 0.262 e. The zero-order valence-corrected chi connectivity index (χ0v) is 14.6. The van der Waals surface area contributed by atoms with Crippen LogP contribution in [0.15, 0.2) is 41.3 Å². The van der Waals surface area contributed by atoms with Crippen LogP contribution in [0, 0.1) is 0 Å². The fourth-order valence-electron chi connectivity index (χ4n) is 2.78. The van der Waals surface area contributed by atoms with Gasteiger partial charge >= 0.3 is 0 Å². The van der Waals surface area contributed by atoms with Crippen LogP contribution < -0.4 is 24.2 Å². The lowest BCUT2D eigenvalue weighted by Gasteiger charge is -2.19. The third kappa shape index (κ3) is 3.06. The number of hydrogen-bond donors (Lipinski definition) is 2. The molecule has 0 aromatic heterocycles. The molecule has 0 aliphatic carbocycles. The summed E-state index contributed by atoms with van der Waals surface area (Å²) >= 11 is 0. The molecule has 2 aliphatic rings. The van der Waals surface area contributed by atoms with Crippen molar-refractivity contribution in [3.63, 3.8) is 0 Å². The van der Waals surface area contributed by atoms with Gasteiger partial charge in [-0.05, 0) is 42.8 Å². The van der Waals surface area contributed by atoms with Crippen LogP contribution in [-0.2, 0) is 14.8 Å². The van der Waals surface area contributed by atoms with Crippen LogP contribution in [0.25, 0.3) is 0 Å². The minimum atomic E-state index is -3.80. The molecule has 4 rings (SSSR count). The van der Waals surface area contributed by atoms with E-state index in [2.05, 4.69) is 10.0 Å². The molecule has 1 amide bonds. The number of rotatable bonds is 4. The van der Waals surface area contributed by atoms with E-state index in [0.29, 0.717) is 22.9 Å². The molecule has 2 aromatic carbocycles. The van der Waals surface area contributed by atoms with E-state index >= 15 is 0 Å². The van der Waals surface area contributed by atoms with Crippen LogP contribution in [-0.4, -0.2) is 27.7 Å². The molecule has 9 heteroatoms. The summed E-state index contributed by atoms with van der Waals surface area (Å²) in [7, 11) is -3.80. The van der Waals surface area contributed by atoms with Crippen molar-refractivity contribution in [2.45, 2.75) is 17.9 Å². The van der Waals surface area contributed by atoms with E-state index in [0.717, 1.165) is 5.56 Å². The largest absolute Gasteiger partial charge is 0.482 e. The first-order valence-electron chi connectivity index (χ1n) is 7.91. The average Bonchev–Trinajstić information content (AvgIpc) is 3.08. The van der Waals surface area contributed by atoms with Gasteiger partial charge < -0.3 is 19.5 Å². The summed E-state index contributed by atoms with van der Waals surface area (Å²) in [4.78, 5) is 11.5. The SMILES string of the molecule is CC(NS(=O)(=O)c1ccc2c(c1)NC(=O)CO2)c1ccc2c(c1)OCO2. The number of anilines is 1. The highest BCUT2D eigenvalue weighted by Gasteiger charge is 2.24. The molecule has 136 valence electrons. The Morgan fingerprint density at radius 3 is 2.65 bits per heavy atom. The molecule has 0 radical (unpaired) electrons. The summed E-state index contributed by atoms with van der Waals surface area (Å²) < 4.78 is 43.8. The lowest BCUT2D eigenvalue weighted by atomic mass is 10.1. The first-order chi connectivity index (χ1) is 12.4. The highest BCUT2D eigenvalue weighted by atomic mass is 32.2. The minimum Gasteiger partial charge on any atom is -0.482 e. The van der Waals surface area contributed by atoms with E-state index in [4.69, 9.17) is 14.2 Å². The van der Waals surface area contributed by atoms with E-state index in [1.165, 1.54) is 18.2 Å². The third-order valence-electron chi connectivity index (χ3n) is 4.12. The number of hydrogen-bond acceptors (Lipinski definition) is 6. The number of ether oxygens (including phenoxy) is 3. The van der Waals surface area contributed by atoms with Crippen LogP contribution in [0.5, 0.6) is 17.2 Å². The molecular weight excluding hydrogens is 360 g/mol. The van der Waals surface area contributed by atoms with Crippen LogP contribution >= 0.6 is 0 Å².